The zero-order valence-corrected chi connectivity index (χ0v) is 19.8. The highest BCUT2D eigenvalue weighted by Gasteiger charge is 2.51. The van der Waals surface area contributed by atoms with Gasteiger partial charge in [0.25, 0.3) is 0 Å². The Morgan fingerprint density at radius 3 is 2.76 bits per heavy atom. The second-order valence-corrected chi connectivity index (χ2v) is 10.3. The van der Waals surface area contributed by atoms with Gasteiger partial charge in [-0.1, -0.05) is 0 Å². The van der Waals surface area contributed by atoms with Crippen molar-refractivity contribution in [2.75, 3.05) is 13.1 Å². The normalized spacial score (nSPS) is 24.0. The molecule has 2 aliphatic heterocycles. The third-order valence-electron chi connectivity index (χ3n) is 7.62. The molecule has 9 heteroatoms. The van der Waals surface area contributed by atoms with Crippen molar-refractivity contribution in [1.82, 2.24) is 19.4 Å². The molecule has 1 aliphatic carbocycles. The molecule has 2 amide bonds. The van der Waals surface area contributed by atoms with Gasteiger partial charge < -0.3 is 14.4 Å². The number of aromatic nitrogens is 2. The Hall–Kier alpha value is -3.07. The van der Waals surface area contributed by atoms with Crippen molar-refractivity contribution >= 4 is 44.9 Å². The summed E-state index contributed by atoms with van der Waals surface area (Å²) in [4.78, 5) is 45.7. The minimum atomic E-state index is -0.379. The van der Waals surface area contributed by atoms with Crippen LogP contribution in [0.4, 0.5) is 4.39 Å². The van der Waals surface area contributed by atoms with Gasteiger partial charge in [-0.15, -0.1) is 0 Å². The molecule has 2 bridgehead atoms. The van der Waals surface area contributed by atoms with E-state index in [-0.39, 0.29) is 41.4 Å². The first-order valence-electron chi connectivity index (χ1n) is 11.4. The monoisotopic (exact) mass is 524 g/mol. The Labute approximate surface area is 203 Å². The topological polar surface area (TPSA) is 75.5 Å². The lowest BCUT2D eigenvalue weighted by atomic mass is 9.88. The lowest BCUT2D eigenvalue weighted by Crippen LogP contribution is -2.59. The number of piperidine rings is 1. The van der Waals surface area contributed by atoms with E-state index in [1.54, 1.807) is 40.5 Å². The number of likely N-dealkylation sites (tertiary alicyclic amines) is 2. The van der Waals surface area contributed by atoms with Crippen LogP contribution in [0.2, 0.25) is 0 Å². The minimum absolute atomic E-state index is 0.0302. The van der Waals surface area contributed by atoms with E-state index >= 15 is 0 Å². The number of carbonyl (C=O) groups excluding carboxylic acids is 3. The number of pyridine rings is 1. The molecule has 3 atom stereocenters. The van der Waals surface area contributed by atoms with Crippen LogP contribution in [0.5, 0.6) is 0 Å². The van der Waals surface area contributed by atoms with E-state index < -0.39 is 0 Å². The molecule has 3 aliphatic rings. The second-order valence-electron chi connectivity index (χ2n) is 9.43. The summed E-state index contributed by atoms with van der Waals surface area (Å²) in [5, 5.41) is 0.765. The fraction of sp³-hybridized carbons (Fsp3) is 0.360. The highest BCUT2D eigenvalue weighted by atomic mass is 79.9. The van der Waals surface area contributed by atoms with Gasteiger partial charge in [-0.2, -0.15) is 0 Å². The zero-order valence-electron chi connectivity index (χ0n) is 18.2. The Balaban J connectivity index is 1.24. The summed E-state index contributed by atoms with van der Waals surface area (Å²) in [5.41, 5.74) is 2.00. The number of amides is 2. The molecular formula is C25H22BrFN4O3. The predicted octanol–water partition coefficient (Wildman–Crippen LogP) is 3.58. The molecule has 34 heavy (non-hydrogen) atoms. The summed E-state index contributed by atoms with van der Waals surface area (Å²) in [7, 11) is 0. The second kappa shape index (κ2) is 8.01. The van der Waals surface area contributed by atoms with Crippen molar-refractivity contribution in [3.05, 3.63) is 58.7 Å². The molecule has 3 aromatic rings. The smallest absolute Gasteiger partial charge is 0.245 e. The van der Waals surface area contributed by atoms with Gasteiger partial charge in [-0.3, -0.25) is 19.4 Å². The number of benzene rings is 1. The Morgan fingerprint density at radius 1 is 1.18 bits per heavy atom. The molecule has 6 rings (SSSR count). The van der Waals surface area contributed by atoms with Crippen LogP contribution in [0.3, 0.4) is 0 Å². The van der Waals surface area contributed by atoms with E-state index in [0.29, 0.717) is 28.8 Å². The van der Waals surface area contributed by atoms with Crippen LogP contribution < -0.4 is 0 Å². The highest BCUT2D eigenvalue weighted by Crippen LogP contribution is 2.43. The van der Waals surface area contributed by atoms with E-state index in [2.05, 4.69) is 20.9 Å². The van der Waals surface area contributed by atoms with Crippen LogP contribution in [-0.4, -0.2) is 62.6 Å². The molecule has 0 radical (unpaired) electrons. The zero-order chi connectivity index (χ0) is 23.6. The molecule has 7 nitrogen and oxygen atoms in total. The first-order chi connectivity index (χ1) is 16.5. The summed E-state index contributed by atoms with van der Waals surface area (Å²) < 4.78 is 16.0. The number of ketones is 1. The third-order valence-corrected chi connectivity index (χ3v) is 8.25. The number of fused-ring (bicyclic) bond motifs is 3. The van der Waals surface area contributed by atoms with Gasteiger partial charge in [0, 0.05) is 46.9 Å². The van der Waals surface area contributed by atoms with Crippen molar-refractivity contribution in [3.8, 4) is 5.69 Å². The van der Waals surface area contributed by atoms with E-state index in [9.17, 15) is 18.8 Å². The van der Waals surface area contributed by atoms with Crippen LogP contribution in [-0.2, 0) is 9.59 Å². The molecule has 3 fully saturated rings. The van der Waals surface area contributed by atoms with E-state index in [0.717, 1.165) is 36.6 Å². The first-order valence-corrected chi connectivity index (χ1v) is 12.2. The quantitative estimate of drug-likeness (QED) is 0.377. The molecular weight excluding hydrogens is 503 g/mol. The number of rotatable bonds is 5. The molecule has 2 aromatic heterocycles. The molecule has 0 N–H and O–H groups in total. The number of nitrogens with zero attached hydrogens (tertiary/aromatic N) is 4. The fourth-order valence-electron chi connectivity index (χ4n) is 5.88. The van der Waals surface area contributed by atoms with Gasteiger partial charge in [0.15, 0.2) is 5.78 Å². The van der Waals surface area contributed by atoms with Gasteiger partial charge >= 0.3 is 0 Å². The van der Waals surface area contributed by atoms with Gasteiger partial charge in [0.05, 0.1) is 23.3 Å². The fourth-order valence-corrected chi connectivity index (χ4v) is 6.42. The van der Waals surface area contributed by atoms with Crippen molar-refractivity contribution in [1.29, 1.82) is 0 Å². The van der Waals surface area contributed by atoms with Crippen molar-refractivity contribution in [3.63, 3.8) is 0 Å². The largest absolute Gasteiger partial charge is 0.339 e. The highest BCUT2D eigenvalue weighted by molar-refractivity contribution is 9.10. The van der Waals surface area contributed by atoms with E-state index in [4.69, 9.17) is 0 Å². The standard InChI is InChI=1S/C25H22BrFN4O3/c26-20-8-16(27)2-4-21(20)30-12-19(18-5-6-28-9-22(18)30)24(33)15-10-29(11-15)25(34)23-14-1-3-17(7-14)31(23)13-32/h2,4-6,8-9,12-15,17,23H,1,3,7,10-11H2. The Kier molecular flexibility index (Phi) is 5.05. The maximum atomic E-state index is 13.6. The van der Waals surface area contributed by atoms with Crippen LogP contribution in [0.15, 0.2) is 47.3 Å². The number of hydrogen-bond acceptors (Lipinski definition) is 4. The number of hydrogen-bond donors (Lipinski definition) is 0. The summed E-state index contributed by atoms with van der Waals surface area (Å²) in [6, 6.07) is 6.01. The predicted molar refractivity (Wildman–Crippen MR) is 126 cm³/mol. The van der Waals surface area contributed by atoms with E-state index in [1.165, 1.54) is 12.1 Å². The average molecular weight is 525 g/mol. The Morgan fingerprint density at radius 2 is 2.00 bits per heavy atom. The molecule has 3 unspecified atom stereocenters. The van der Waals surface area contributed by atoms with Gasteiger partial charge in [-0.25, -0.2) is 4.39 Å². The lowest BCUT2D eigenvalue weighted by molar-refractivity contribution is -0.147. The maximum absolute atomic E-state index is 13.6. The minimum Gasteiger partial charge on any atom is -0.339 e. The summed E-state index contributed by atoms with van der Waals surface area (Å²) in [6.45, 7) is 0.715. The molecule has 174 valence electrons. The third kappa shape index (κ3) is 3.20. The van der Waals surface area contributed by atoms with Crippen LogP contribution in [0, 0.1) is 17.7 Å². The summed E-state index contributed by atoms with van der Waals surface area (Å²) in [6.07, 6.45) is 8.75. The van der Waals surface area contributed by atoms with Crippen molar-refractivity contribution in [2.45, 2.75) is 31.3 Å². The van der Waals surface area contributed by atoms with Crippen LogP contribution in [0.25, 0.3) is 16.6 Å². The summed E-state index contributed by atoms with van der Waals surface area (Å²) >= 11 is 3.41. The van der Waals surface area contributed by atoms with Gasteiger partial charge in [-0.05, 0) is 65.4 Å². The number of halogens is 2. The Bertz CT molecular complexity index is 1330. The SMILES string of the molecule is O=CN1C2CCC(C2)C1C(=O)N1CC(C(=O)c2cn(-c3ccc(F)cc3Br)c3cnccc23)C1. The maximum Gasteiger partial charge on any atom is 0.245 e. The van der Waals surface area contributed by atoms with Gasteiger partial charge in [0.2, 0.25) is 12.3 Å². The molecule has 0 spiro atoms. The lowest BCUT2D eigenvalue weighted by Gasteiger charge is -2.42. The van der Waals surface area contributed by atoms with Gasteiger partial charge in [0.1, 0.15) is 11.9 Å². The molecule has 1 aromatic carbocycles. The molecule has 4 heterocycles. The molecule has 1 saturated carbocycles. The number of carbonyl (C=O) groups is 3. The van der Waals surface area contributed by atoms with Crippen molar-refractivity contribution < 1.29 is 18.8 Å². The molecule has 2 saturated heterocycles. The van der Waals surface area contributed by atoms with E-state index in [1.807, 2.05) is 4.57 Å². The number of Topliss-reactive ketones (excluding diaryl/α,β-unsaturated/α-hetero) is 1. The van der Waals surface area contributed by atoms with Crippen LogP contribution >= 0.6 is 15.9 Å². The van der Waals surface area contributed by atoms with Crippen LogP contribution in [0.1, 0.15) is 29.6 Å². The van der Waals surface area contributed by atoms with Crippen molar-refractivity contribution in [2.24, 2.45) is 11.8 Å². The summed E-state index contributed by atoms with van der Waals surface area (Å²) in [5.74, 6) is -0.486. The first kappa shape index (κ1) is 21.5. The average Bonchev–Trinajstić information content (AvgIpc) is 3.51.